The number of carbonyl (C=O) groups excluding carboxylic acids is 1. The molecule has 126 valence electrons. The minimum atomic E-state index is -4.73. The van der Waals surface area contributed by atoms with Gasteiger partial charge in [0, 0.05) is 20.1 Å². The number of alkyl halides is 3. The molecule has 2 rings (SSSR count). The molecule has 0 heterocycles. The maximum Gasteiger partial charge on any atom is 0.417 e. The Morgan fingerprint density at radius 3 is 2.17 bits per heavy atom. The van der Waals surface area contributed by atoms with Crippen molar-refractivity contribution in [3.8, 4) is 0 Å². The molecule has 0 aromatic heterocycles. The lowest BCUT2D eigenvalue weighted by molar-refractivity contribution is -0.0689. The van der Waals surface area contributed by atoms with Crippen LogP contribution >= 0.6 is 39.1 Å². The smallest absolute Gasteiger partial charge is 0.289 e. The fraction of sp³-hybridized carbons (Fsp3) is 0.118. The number of allylic oxidation sites excluding steroid dienone is 2. The summed E-state index contributed by atoms with van der Waals surface area (Å²) in [5.41, 5.74) is -0.605. The maximum atomic E-state index is 13.4. The Balaban J connectivity index is 2.55. The predicted octanol–water partition coefficient (Wildman–Crippen LogP) is 6.89. The quantitative estimate of drug-likeness (QED) is 0.377. The zero-order valence-electron chi connectivity index (χ0n) is 12.2. The fourth-order valence-electron chi connectivity index (χ4n) is 2.15. The SMILES string of the molecule is Cc1cc(Br)ccc1C(=O)C=C(c1cc(Cl)cc(Cl)c1)C(F)(F)F. The molecular weight excluding hydrogens is 428 g/mol. The summed E-state index contributed by atoms with van der Waals surface area (Å²) in [6.45, 7) is 1.65. The molecule has 7 heteroatoms. The molecular formula is C17H10BrCl2F3O. The van der Waals surface area contributed by atoms with Crippen molar-refractivity contribution in [3.05, 3.63) is 73.7 Å². The Morgan fingerprint density at radius 1 is 1.08 bits per heavy atom. The molecule has 0 atom stereocenters. The Bertz CT molecular complexity index is 809. The van der Waals surface area contributed by atoms with Crippen LogP contribution in [0.5, 0.6) is 0 Å². The average molecular weight is 438 g/mol. The second kappa shape index (κ2) is 7.30. The van der Waals surface area contributed by atoms with Gasteiger partial charge in [0.15, 0.2) is 5.78 Å². The number of ketones is 1. The zero-order valence-corrected chi connectivity index (χ0v) is 15.3. The summed E-state index contributed by atoms with van der Waals surface area (Å²) < 4.78 is 40.9. The Hall–Kier alpha value is -1.30. The zero-order chi connectivity index (χ0) is 18.1. The highest BCUT2D eigenvalue weighted by molar-refractivity contribution is 9.10. The molecule has 0 spiro atoms. The van der Waals surface area contributed by atoms with Crippen LogP contribution in [0.15, 0.2) is 46.9 Å². The number of hydrogen-bond acceptors (Lipinski definition) is 1. The molecule has 2 aromatic rings. The van der Waals surface area contributed by atoms with Crippen molar-refractivity contribution in [3.63, 3.8) is 0 Å². The van der Waals surface area contributed by atoms with E-state index in [1.807, 2.05) is 0 Å². The standard InChI is InChI=1S/C17H10BrCl2F3O/c1-9-4-11(18)2-3-14(9)16(24)8-15(17(21,22)23)10-5-12(19)7-13(20)6-10/h2-8H,1H3. The second-order valence-corrected chi connectivity index (χ2v) is 6.83. The monoisotopic (exact) mass is 436 g/mol. The van der Waals surface area contributed by atoms with Crippen molar-refractivity contribution in [2.24, 2.45) is 0 Å². The first-order chi connectivity index (χ1) is 11.1. The molecule has 2 aromatic carbocycles. The summed E-state index contributed by atoms with van der Waals surface area (Å²) in [5, 5.41) is 0.111. The van der Waals surface area contributed by atoms with Crippen molar-refractivity contribution in [2.45, 2.75) is 13.1 Å². The van der Waals surface area contributed by atoms with Gasteiger partial charge in [-0.3, -0.25) is 4.79 Å². The summed E-state index contributed by atoms with van der Waals surface area (Å²) in [7, 11) is 0. The summed E-state index contributed by atoms with van der Waals surface area (Å²) in [5.74, 6) is -0.747. The Morgan fingerprint density at radius 2 is 1.67 bits per heavy atom. The molecule has 0 N–H and O–H groups in total. The number of hydrogen-bond donors (Lipinski definition) is 0. The highest BCUT2D eigenvalue weighted by atomic mass is 79.9. The normalized spacial score (nSPS) is 12.4. The number of carbonyl (C=O) groups is 1. The first-order valence-electron chi connectivity index (χ1n) is 6.64. The van der Waals surface area contributed by atoms with Crippen molar-refractivity contribution in [2.75, 3.05) is 0 Å². The molecule has 0 aliphatic rings. The Kier molecular flexibility index (Phi) is 5.78. The minimum Gasteiger partial charge on any atom is -0.289 e. The fourth-order valence-corrected chi connectivity index (χ4v) is 3.15. The van der Waals surface area contributed by atoms with Gasteiger partial charge >= 0.3 is 6.18 Å². The molecule has 0 bridgehead atoms. The van der Waals surface area contributed by atoms with E-state index in [1.54, 1.807) is 19.1 Å². The number of aryl methyl sites for hydroxylation is 1. The number of rotatable bonds is 3. The second-order valence-electron chi connectivity index (χ2n) is 5.04. The molecule has 0 fully saturated rings. The summed E-state index contributed by atoms with van der Waals surface area (Å²) in [6, 6.07) is 8.28. The van der Waals surface area contributed by atoms with Gasteiger partial charge in [0.25, 0.3) is 0 Å². The van der Waals surface area contributed by atoms with E-state index in [0.717, 1.165) is 16.6 Å². The molecule has 0 saturated heterocycles. The van der Waals surface area contributed by atoms with Crippen LogP contribution in [0.1, 0.15) is 21.5 Å². The van der Waals surface area contributed by atoms with Gasteiger partial charge in [0.1, 0.15) is 0 Å². The molecule has 0 aliphatic heterocycles. The molecule has 0 amide bonds. The highest BCUT2D eigenvalue weighted by Crippen LogP contribution is 2.36. The van der Waals surface area contributed by atoms with E-state index in [1.165, 1.54) is 12.1 Å². The summed E-state index contributed by atoms with van der Waals surface area (Å²) in [4.78, 5) is 12.3. The van der Waals surface area contributed by atoms with Crippen molar-refractivity contribution in [1.29, 1.82) is 0 Å². The van der Waals surface area contributed by atoms with Crippen molar-refractivity contribution in [1.82, 2.24) is 0 Å². The minimum absolute atomic E-state index is 0.0555. The van der Waals surface area contributed by atoms with E-state index in [9.17, 15) is 18.0 Å². The number of halogens is 6. The van der Waals surface area contributed by atoms with Gasteiger partial charge in [-0.25, -0.2) is 0 Å². The largest absolute Gasteiger partial charge is 0.417 e. The molecule has 0 unspecified atom stereocenters. The third-order valence-electron chi connectivity index (χ3n) is 3.21. The van der Waals surface area contributed by atoms with Crippen molar-refractivity contribution >= 4 is 50.5 Å². The van der Waals surface area contributed by atoms with Crippen LogP contribution in [-0.2, 0) is 0 Å². The predicted molar refractivity (Wildman–Crippen MR) is 93.7 cm³/mol. The van der Waals surface area contributed by atoms with Crippen LogP contribution in [0.3, 0.4) is 0 Å². The van der Waals surface area contributed by atoms with Crippen LogP contribution in [0.4, 0.5) is 13.2 Å². The van der Waals surface area contributed by atoms with Gasteiger partial charge in [-0.15, -0.1) is 0 Å². The van der Waals surface area contributed by atoms with E-state index >= 15 is 0 Å². The van der Waals surface area contributed by atoms with Gasteiger partial charge in [-0.05, 0) is 60.5 Å². The van der Waals surface area contributed by atoms with Gasteiger partial charge in [-0.2, -0.15) is 13.2 Å². The van der Waals surface area contributed by atoms with E-state index in [0.29, 0.717) is 11.6 Å². The van der Waals surface area contributed by atoms with Gasteiger partial charge in [0.05, 0.1) is 5.57 Å². The lowest BCUT2D eigenvalue weighted by atomic mass is 9.99. The van der Waals surface area contributed by atoms with Gasteiger partial charge < -0.3 is 0 Å². The molecule has 0 saturated carbocycles. The van der Waals surface area contributed by atoms with Crippen LogP contribution in [0, 0.1) is 6.92 Å². The summed E-state index contributed by atoms with van der Waals surface area (Å²) in [6.07, 6.45) is -4.16. The van der Waals surface area contributed by atoms with E-state index in [-0.39, 0.29) is 21.2 Å². The van der Waals surface area contributed by atoms with Crippen LogP contribution < -0.4 is 0 Å². The van der Waals surface area contributed by atoms with Crippen LogP contribution in [0.2, 0.25) is 10.0 Å². The van der Waals surface area contributed by atoms with Crippen LogP contribution in [0.25, 0.3) is 5.57 Å². The third kappa shape index (κ3) is 4.62. The first kappa shape index (κ1) is 19.0. The molecule has 1 nitrogen and oxygen atoms in total. The summed E-state index contributed by atoms with van der Waals surface area (Å²) >= 11 is 14.8. The lowest BCUT2D eigenvalue weighted by Crippen LogP contribution is -2.13. The lowest BCUT2D eigenvalue weighted by Gasteiger charge is -2.13. The maximum absolute atomic E-state index is 13.4. The van der Waals surface area contributed by atoms with Crippen LogP contribution in [-0.4, -0.2) is 12.0 Å². The van der Waals surface area contributed by atoms with Gasteiger partial charge in [-0.1, -0.05) is 39.1 Å². The van der Waals surface area contributed by atoms with E-state index < -0.39 is 17.5 Å². The molecule has 0 radical (unpaired) electrons. The Labute approximate surface area is 155 Å². The first-order valence-corrected chi connectivity index (χ1v) is 8.18. The molecule has 24 heavy (non-hydrogen) atoms. The van der Waals surface area contributed by atoms with Gasteiger partial charge in [0.2, 0.25) is 0 Å². The van der Waals surface area contributed by atoms with E-state index in [4.69, 9.17) is 23.2 Å². The highest BCUT2D eigenvalue weighted by Gasteiger charge is 2.35. The molecule has 0 aliphatic carbocycles. The topological polar surface area (TPSA) is 17.1 Å². The average Bonchev–Trinajstić information content (AvgIpc) is 2.42. The third-order valence-corrected chi connectivity index (χ3v) is 4.14. The van der Waals surface area contributed by atoms with Crippen molar-refractivity contribution < 1.29 is 18.0 Å². The van der Waals surface area contributed by atoms with E-state index in [2.05, 4.69) is 15.9 Å². The number of benzene rings is 2.